The highest BCUT2D eigenvalue weighted by Gasteiger charge is 2.29. The minimum atomic E-state index is -1.20. The van der Waals surface area contributed by atoms with E-state index in [1.807, 2.05) is 37.6 Å². The average molecular weight is 558 g/mol. The van der Waals surface area contributed by atoms with Gasteiger partial charge in [0.25, 0.3) is 0 Å². The van der Waals surface area contributed by atoms with E-state index in [0.29, 0.717) is 32.0 Å². The van der Waals surface area contributed by atoms with Crippen molar-refractivity contribution in [2.24, 2.45) is 0 Å². The lowest BCUT2D eigenvalue weighted by atomic mass is 10.0. The van der Waals surface area contributed by atoms with Crippen LogP contribution in [0.4, 0.5) is 10.5 Å². The van der Waals surface area contributed by atoms with Gasteiger partial charge in [-0.05, 0) is 45.7 Å². The lowest BCUT2D eigenvalue weighted by molar-refractivity contribution is 0.0206. The molecular weight excluding hydrogens is 518 g/mol. The van der Waals surface area contributed by atoms with Crippen LogP contribution in [0.5, 0.6) is 0 Å². The van der Waals surface area contributed by atoms with Crippen LogP contribution in [0, 0.1) is 0 Å². The number of aromatic carboxylic acids is 1. The Labute approximate surface area is 229 Å². The number of hydrogen-bond donors (Lipinski definition) is 2. The van der Waals surface area contributed by atoms with E-state index >= 15 is 0 Å². The van der Waals surface area contributed by atoms with Crippen LogP contribution in [0.1, 0.15) is 44.1 Å². The molecule has 0 aromatic carbocycles. The summed E-state index contributed by atoms with van der Waals surface area (Å²) in [5.74, 6) is -1.02. The van der Waals surface area contributed by atoms with Gasteiger partial charge in [0.2, 0.25) is 5.89 Å². The molecule has 0 aliphatic carbocycles. The molecule has 4 rings (SSSR count). The van der Waals surface area contributed by atoms with Crippen LogP contribution < -0.4 is 5.32 Å². The molecule has 0 radical (unpaired) electrons. The fourth-order valence-electron chi connectivity index (χ4n) is 4.39. The molecule has 1 saturated heterocycles. The van der Waals surface area contributed by atoms with E-state index in [9.17, 15) is 14.7 Å². The van der Waals surface area contributed by atoms with Crippen LogP contribution in [0.3, 0.4) is 0 Å². The van der Waals surface area contributed by atoms with Crippen molar-refractivity contribution in [1.29, 1.82) is 0 Å². The van der Waals surface area contributed by atoms with Crippen LogP contribution in [0.25, 0.3) is 22.5 Å². The molecule has 1 atom stereocenters. The Morgan fingerprint density at radius 1 is 1.28 bits per heavy atom. The second-order valence-electron chi connectivity index (χ2n) is 12.2. The third-order valence-electron chi connectivity index (χ3n) is 6.39. The molecular formula is C27H39N5O6Si. The number of carboxylic acid groups (broad SMARTS) is 1. The highest BCUT2D eigenvalue weighted by Crippen LogP contribution is 2.35. The number of carbonyl (C=O) groups is 2. The van der Waals surface area contributed by atoms with Gasteiger partial charge in [-0.1, -0.05) is 19.6 Å². The van der Waals surface area contributed by atoms with Crippen LogP contribution in [0.2, 0.25) is 25.7 Å². The number of hydrogen-bond acceptors (Lipinski definition) is 8. The first kappa shape index (κ1) is 28.6. The summed E-state index contributed by atoms with van der Waals surface area (Å²) in [4.78, 5) is 34.7. The van der Waals surface area contributed by atoms with Gasteiger partial charge in [0.1, 0.15) is 24.2 Å². The van der Waals surface area contributed by atoms with E-state index in [4.69, 9.17) is 13.9 Å². The number of anilines is 1. The molecule has 0 spiro atoms. The Morgan fingerprint density at radius 2 is 2.05 bits per heavy atom. The van der Waals surface area contributed by atoms with Gasteiger partial charge >= 0.3 is 12.1 Å². The maximum Gasteiger partial charge on any atom is 0.410 e. The van der Waals surface area contributed by atoms with Crippen molar-refractivity contribution in [3.63, 3.8) is 0 Å². The smallest absolute Gasteiger partial charge is 0.410 e. The molecule has 1 unspecified atom stereocenters. The van der Waals surface area contributed by atoms with Crippen molar-refractivity contribution in [2.45, 2.75) is 77.7 Å². The van der Waals surface area contributed by atoms with Crippen LogP contribution in [0.15, 0.2) is 29.1 Å². The van der Waals surface area contributed by atoms with E-state index in [-0.39, 0.29) is 23.7 Å². The zero-order valence-corrected chi connectivity index (χ0v) is 24.6. The van der Waals surface area contributed by atoms with Crippen molar-refractivity contribution < 1.29 is 28.6 Å². The second kappa shape index (κ2) is 11.4. The number of aromatic nitrogens is 3. The van der Waals surface area contributed by atoms with Gasteiger partial charge < -0.3 is 33.8 Å². The Kier molecular flexibility index (Phi) is 8.36. The zero-order valence-electron chi connectivity index (χ0n) is 23.6. The first-order valence-corrected chi connectivity index (χ1v) is 17.0. The molecule has 3 aromatic heterocycles. The maximum atomic E-state index is 12.7. The lowest BCUT2D eigenvalue weighted by Crippen LogP contribution is -2.47. The van der Waals surface area contributed by atoms with Gasteiger partial charge in [0, 0.05) is 51.6 Å². The molecule has 0 bridgehead atoms. The minimum absolute atomic E-state index is 0.0686. The molecule has 11 nitrogen and oxygen atoms in total. The predicted octanol–water partition coefficient (Wildman–Crippen LogP) is 5.51. The van der Waals surface area contributed by atoms with Crippen molar-refractivity contribution in [2.75, 3.05) is 25.0 Å². The van der Waals surface area contributed by atoms with E-state index in [2.05, 4.69) is 34.9 Å². The molecule has 0 saturated carbocycles. The topological polar surface area (TPSA) is 132 Å². The maximum absolute atomic E-state index is 12.7. The average Bonchev–Trinajstić information content (AvgIpc) is 3.49. The Morgan fingerprint density at radius 3 is 2.72 bits per heavy atom. The molecule has 1 aliphatic rings. The number of amides is 1. The Hall–Kier alpha value is -3.38. The number of nitrogens with zero attached hydrogens (tertiary/aromatic N) is 4. The second-order valence-corrected chi connectivity index (χ2v) is 17.8. The number of likely N-dealkylation sites (tertiary alicyclic amines) is 1. The molecule has 2 N–H and O–H groups in total. The normalized spacial score (nSPS) is 16.5. The quantitative estimate of drug-likeness (QED) is 0.258. The number of carboxylic acids is 1. The molecule has 39 heavy (non-hydrogen) atoms. The number of oxazole rings is 1. The summed E-state index contributed by atoms with van der Waals surface area (Å²) in [7, 11) is -1.20. The van der Waals surface area contributed by atoms with Gasteiger partial charge in [0.05, 0.1) is 11.3 Å². The summed E-state index contributed by atoms with van der Waals surface area (Å²) in [6.07, 6.45) is 5.99. The molecule has 1 fully saturated rings. The first-order valence-electron chi connectivity index (χ1n) is 13.3. The standard InChI is InChI=1S/C27H39N5O6Si/c1-27(2,3)38-26(35)31-10-7-8-18(15-31)29-22-19-9-11-32(17-36-12-13-39(4,5)6)23(19)28-14-20(22)24-30-21(16-37-24)25(33)34/h9,11,14,16,18H,7-8,10,12-13,15,17H2,1-6H3,(H,28,29)(H,33,34). The molecule has 1 amide bonds. The van der Waals surface area contributed by atoms with E-state index in [0.717, 1.165) is 41.9 Å². The van der Waals surface area contributed by atoms with Crippen molar-refractivity contribution in [3.05, 3.63) is 30.4 Å². The predicted molar refractivity (Wildman–Crippen MR) is 151 cm³/mol. The van der Waals surface area contributed by atoms with Gasteiger partial charge in [-0.15, -0.1) is 0 Å². The van der Waals surface area contributed by atoms with E-state index < -0.39 is 19.6 Å². The summed E-state index contributed by atoms with van der Waals surface area (Å²) in [5, 5.41) is 13.8. The summed E-state index contributed by atoms with van der Waals surface area (Å²) in [5.41, 5.74) is 1.23. The van der Waals surface area contributed by atoms with E-state index in [1.54, 1.807) is 11.1 Å². The molecule has 4 heterocycles. The van der Waals surface area contributed by atoms with Crippen LogP contribution >= 0.6 is 0 Å². The molecule has 3 aromatic rings. The number of carbonyl (C=O) groups excluding carboxylic acids is 1. The summed E-state index contributed by atoms with van der Waals surface area (Å²) in [6.45, 7) is 14.7. The largest absolute Gasteiger partial charge is 0.476 e. The zero-order chi connectivity index (χ0) is 28.4. The summed E-state index contributed by atoms with van der Waals surface area (Å²) < 4.78 is 19.0. The monoisotopic (exact) mass is 557 g/mol. The number of nitrogens with one attached hydrogen (secondary N) is 1. The number of rotatable bonds is 9. The SMILES string of the molecule is CC(C)(C)OC(=O)N1CCCC(Nc2c(-c3nc(C(=O)O)co3)cnc3c2ccn3COCC[Si](C)(C)C)C1. The minimum Gasteiger partial charge on any atom is -0.476 e. The molecule has 1 aliphatic heterocycles. The summed E-state index contributed by atoms with van der Waals surface area (Å²) >= 11 is 0. The van der Waals surface area contributed by atoms with E-state index in [1.165, 1.54) is 0 Å². The lowest BCUT2D eigenvalue weighted by Gasteiger charge is -2.35. The summed E-state index contributed by atoms with van der Waals surface area (Å²) in [6, 6.07) is 2.95. The van der Waals surface area contributed by atoms with Crippen molar-refractivity contribution in [1.82, 2.24) is 19.4 Å². The fourth-order valence-corrected chi connectivity index (χ4v) is 5.15. The number of pyridine rings is 1. The van der Waals surface area contributed by atoms with Crippen LogP contribution in [-0.2, 0) is 16.2 Å². The first-order chi connectivity index (χ1) is 18.3. The van der Waals surface area contributed by atoms with Crippen molar-refractivity contribution >= 4 is 36.9 Å². The third kappa shape index (κ3) is 7.39. The van der Waals surface area contributed by atoms with Crippen LogP contribution in [-0.4, -0.2) is 76.0 Å². The van der Waals surface area contributed by atoms with Gasteiger partial charge in [-0.25, -0.2) is 19.6 Å². The Bertz CT molecular complexity index is 1320. The molecule has 212 valence electrons. The number of fused-ring (bicyclic) bond motifs is 1. The van der Waals surface area contributed by atoms with Gasteiger partial charge in [-0.3, -0.25) is 0 Å². The van der Waals surface area contributed by atoms with Crippen molar-refractivity contribution in [3.8, 4) is 11.5 Å². The van der Waals surface area contributed by atoms with Gasteiger partial charge in [-0.2, -0.15) is 0 Å². The van der Waals surface area contributed by atoms with Gasteiger partial charge in [0.15, 0.2) is 5.69 Å². The number of ether oxygens (including phenoxy) is 2. The Balaban J connectivity index is 1.62. The third-order valence-corrected chi connectivity index (χ3v) is 8.09. The highest BCUT2D eigenvalue weighted by molar-refractivity contribution is 6.76. The number of piperidine rings is 1. The fraction of sp³-hybridized carbons (Fsp3) is 0.556. The highest BCUT2D eigenvalue weighted by atomic mass is 28.3. The molecule has 12 heteroatoms.